The summed E-state index contributed by atoms with van der Waals surface area (Å²) in [6, 6.07) is 4.22. The molecule has 0 aromatic heterocycles. The third-order valence-electron chi connectivity index (χ3n) is 7.39. The van der Waals surface area contributed by atoms with Crippen LogP contribution in [0.15, 0.2) is 18.2 Å². The molecule has 1 spiro atoms. The predicted octanol–water partition coefficient (Wildman–Crippen LogP) is 1.95. The number of nitrogens with one attached hydrogen (secondary N) is 1. The van der Waals surface area contributed by atoms with E-state index in [0.717, 1.165) is 11.1 Å². The van der Waals surface area contributed by atoms with Gasteiger partial charge in [0, 0.05) is 5.69 Å². The molecule has 3 aliphatic rings. The van der Waals surface area contributed by atoms with Gasteiger partial charge in [0.15, 0.2) is 0 Å². The molecule has 8 heteroatoms. The zero-order valence-electron chi connectivity index (χ0n) is 19.3. The van der Waals surface area contributed by atoms with E-state index in [-0.39, 0.29) is 25.0 Å². The molecule has 0 radical (unpaired) electrons. The predicted molar refractivity (Wildman–Crippen MR) is 117 cm³/mol. The lowest BCUT2D eigenvalue weighted by molar-refractivity contribution is -0.159. The van der Waals surface area contributed by atoms with Gasteiger partial charge in [0.1, 0.15) is 17.6 Å². The number of aliphatic hydroxyl groups is 1. The van der Waals surface area contributed by atoms with Gasteiger partial charge in [-0.2, -0.15) is 0 Å². The Morgan fingerprint density at radius 3 is 2.72 bits per heavy atom. The summed E-state index contributed by atoms with van der Waals surface area (Å²) in [5, 5.41) is 12.8. The molecule has 3 fully saturated rings. The Balaban J connectivity index is 1.77. The SMILES string of the molecule is CCOC(=O)[C@@H]1[C@H]2C(=O)N([C@H](C)CO)C(C(=O)Nc3cc(C)ccc3C)C23CC[C@@]1(C)O3. The van der Waals surface area contributed by atoms with Crippen molar-refractivity contribution in [2.75, 3.05) is 18.5 Å². The standard InChI is InChI=1S/C24H32N2O6/c1-6-31-22(30)18-17-21(29)26(15(4)12-27)19(24(17)10-9-23(18,5)32-24)20(28)25-16-11-13(2)7-8-14(16)3/h7-8,11,15,17-19,27H,6,9-10,12H2,1-5H3,(H,25,28)/t15-,17+,18+,19?,23-,24?/m1/s1. The molecule has 4 rings (SSSR count). The number of carbonyl (C=O) groups is 3. The monoisotopic (exact) mass is 444 g/mol. The van der Waals surface area contributed by atoms with Crippen molar-refractivity contribution in [1.82, 2.24) is 4.90 Å². The van der Waals surface area contributed by atoms with Crippen LogP contribution in [0.2, 0.25) is 0 Å². The molecular weight excluding hydrogens is 412 g/mol. The molecule has 2 N–H and O–H groups in total. The zero-order valence-corrected chi connectivity index (χ0v) is 19.3. The third-order valence-corrected chi connectivity index (χ3v) is 7.39. The van der Waals surface area contributed by atoms with Gasteiger partial charge < -0.3 is 24.8 Å². The van der Waals surface area contributed by atoms with Crippen molar-refractivity contribution in [2.45, 2.75) is 70.7 Å². The summed E-state index contributed by atoms with van der Waals surface area (Å²) in [6.45, 7) is 8.99. The first kappa shape index (κ1) is 22.7. The second-order valence-corrected chi connectivity index (χ2v) is 9.56. The number of esters is 1. The molecule has 0 aliphatic carbocycles. The highest BCUT2D eigenvalue weighted by Gasteiger charge is 2.78. The van der Waals surface area contributed by atoms with E-state index in [0.29, 0.717) is 18.5 Å². The number of aliphatic hydroxyl groups excluding tert-OH is 1. The van der Waals surface area contributed by atoms with Gasteiger partial charge in [-0.15, -0.1) is 0 Å². The second kappa shape index (κ2) is 7.85. The van der Waals surface area contributed by atoms with Gasteiger partial charge in [0.05, 0.1) is 30.8 Å². The average molecular weight is 445 g/mol. The highest BCUT2D eigenvalue weighted by Crippen LogP contribution is 2.63. The lowest BCUT2D eigenvalue weighted by atomic mass is 9.66. The van der Waals surface area contributed by atoms with Crippen molar-refractivity contribution in [3.8, 4) is 0 Å². The highest BCUT2D eigenvalue weighted by molar-refractivity contribution is 6.03. The summed E-state index contributed by atoms with van der Waals surface area (Å²) < 4.78 is 11.8. The number of anilines is 1. The maximum absolute atomic E-state index is 13.7. The van der Waals surface area contributed by atoms with Crippen LogP contribution in [0.25, 0.3) is 0 Å². The van der Waals surface area contributed by atoms with E-state index in [4.69, 9.17) is 9.47 Å². The summed E-state index contributed by atoms with van der Waals surface area (Å²) in [5.41, 5.74) is 0.572. The van der Waals surface area contributed by atoms with Crippen molar-refractivity contribution in [3.05, 3.63) is 29.3 Å². The van der Waals surface area contributed by atoms with Crippen LogP contribution in [0.3, 0.4) is 0 Å². The molecule has 8 nitrogen and oxygen atoms in total. The average Bonchev–Trinajstić information content (AvgIpc) is 3.31. The number of likely N-dealkylation sites (tertiary alicyclic amines) is 1. The lowest BCUT2D eigenvalue weighted by Crippen LogP contribution is -2.55. The number of fused-ring (bicyclic) bond motifs is 1. The summed E-state index contributed by atoms with van der Waals surface area (Å²) in [4.78, 5) is 41.7. The van der Waals surface area contributed by atoms with Gasteiger partial charge in [0.25, 0.3) is 0 Å². The fourth-order valence-electron chi connectivity index (χ4n) is 5.89. The maximum atomic E-state index is 13.7. The van der Waals surface area contributed by atoms with Crippen LogP contribution in [0.4, 0.5) is 5.69 Å². The molecule has 0 saturated carbocycles. The summed E-state index contributed by atoms with van der Waals surface area (Å²) in [5.74, 6) is -2.78. The van der Waals surface area contributed by atoms with Crippen molar-refractivity contribution in [1.29, 1.82) is 0 Å². The molecule has 3 heterocycles. The van der Waals surface area contributed by atoms with Crippen LogP contribution < -0.4 is 5.32 Å². The van der Waals surface area contributed by atoms with Gasteiger partial charge >= 0.3 is 5.97 Å². The first-order chi connectivity index (χ1) is 15.1. The normalized spacial score (nSPS) is 33.9. The molecule has 3 aliphatic heterocycles. The molecule has 2 amide bonds. The minimum Gasteiger partial charge on any atom is -0.466 e. The fraction of sp³-hybridized carbons (Fsp3) is 0.625. The van der Waals surface area contributed by atoms with Crippen LogP contribution in [0.1, 0.15) is 44.7 Å². The number of amides is 2. The number of ether oxygens (including phenoxy) is 2. The molecule has 1 aromatic rings. The van der Waals surface area contributed by atoms with Crippen LogP contribution in [-0.2, 0) is 23.9 Å². The number of rotatable bonds is 6. The largest absolute Gasteiger partial charge is 0.466 e. The molecular formula is C24H32N2O6. The summed E-state index contributed by atoms with van der Waals surface area (Å²) in [6.07, 6.45) is 1.03. The highest BCUT2D eigenvalue weighted by atomic mass is 16.6. The van der Waals surface area contributed by atoms with Crippen LogP contribution >= 0.6 is 0 Å². The molecule has 6 atom stereocenters. The Kier molecular flexibility index (Phi) is 5.57. The van der Waals surface area contributed by atoms with Crippen LogP contribution in [0.5, 0.6) is 0 Å². The van der Waals surface area contributed by atoms with E-state index in [2.05, 4.69) is 5.32 Å². The van der Waals surface area contributed by atoms with E-state index >= 15 is 0 Å². The quantitative estimate of drug-likeness (QED) is 0.650. The minimum absolute atomic E-state index is 0.201. The molecule has 1 aromatic carbocycles. The molecule has 3 saturated heterocycles. The van der Waals surface area contributed by atoms with E-state index in [1.807, 2.05) is 39.0 Å². The molecule has 2 unspecified atom stereocenters. The van der Waals surface area contributed by atoms with Gasteiger partial charge in [-0.05, 0) is 64.7 Å². The van der Waals surface area contributed by atoms with Crippen molar-refractivity contribution in [3.63, 3.8) is 0 Å². The lowest BCUT2D eigenvalue weighted by Gasteiger charge is -2.35. The van der Waals surface area contributed by atoms with Gasteiger partial charge in [-0.1, -0.05) is 12.1 Å². The summed E-state index contributed by atoms with van der Waals surface area (Å²) in [7, 11) is 0. The van der Waals surface area contributed by atoms with Crippen LogP contribution in [-0.4, -0.2) is 64.3 Å². The first-order valence-corrected chi connectivity index (χ1v) is 11.3. The van der Waals surface area contributed by atoms with E-state index in [1.54, 1.807) is 13.8 Å². The second-order valence-electron chi connectivity index (χ2n) is 9.56. The Morgan fingerprint density at radius 1 is 1.34 bits per heavy atom. The van der Waals surface area contributed by atoms with Crippen molar-refractivity contribution in [2.24, 2.45) is 11.8 Å². The zero-order chi connectivity index (χ0) is 23.4. The van der Waals surface area contributed by atoms with E-state index in [9.17, 15) is 19.5 Å². The number of hydrogen-bond acceptors (Lipinski definition) is 6. The third kappa shape index (κ3) is 3.15. The van der Waals surface area contributed by atoms with E-state index in [1.165, 1.54) is 4.90 Å². The van der Waals surface area contributed by atoms with Crippen LogP contribution in [0, 0.1) is 25.7 Å². The van der Waals surface area contributed by atoms with Crippen molar-refractivity contribution >= 4 is 23.5 Å². The number of aryl methyl sites for hydroxylation is 2. The Hall–Kier alpha value is -2.45. The minimum atomic E-state index is -1.13. The molecule has 32 heavy (non-hydrogen) atoms. The fourth-order valence-corrected chi connectivity index (χ4v) is 5.89. The Labute approximate surface area is 188 Å². The number of benzene rings is 1. The maximum Gasteiger partial charge on any atom is 0.312 e. The number of carbonyl (C=O) groups excluding carboxylic acids is 3. The van der Waals surface area contributed by atoms with Gasteiger partial charge in [-0.3, -0.25) is 14.4 Å². The first-order valence-electron chi connectivity index (χ1n) is 11.3. The molecule has 2 bridgehead atoms. The Bertz CT molecular complexity index is 964. The molecule has 174 valence electrons. The van der Waals surface area contributed by atoms with E-state index < -0.39 is 41.1 Å². The summed E-state index contributed by atoms with van der Waals surface area (Å²) >= 11 is 0. The number of nitrogens with zero attached hydrogens (tertiary/aromatic N) is 1. The van der Waals surface area contributed by atoms with Crippen molar-refractivity contribution < 1.29 is 29.0 Å². The van der Waals surface area contributed by atoms with Gasteiger partial charge in [-0.25, -0.2) is 0 Å². The Morgan fingerprint density at radius 2 is 2.06 bits per heavy atom. The van der Waals surface area contributed by atoms with Gasteiger partial charge in [0.2, 0.25) is 11.8 Å². The smallest absolute Gasteiger partial charge is 0.312 e. The number of hydrogen-bond donors (Lipinski definition) is 2. The topological polar surface area (TPSA) is 105 Å².